The minimum atomic E-state index is -0.659. The molecule has 0 amide bonds. The summed E-state index contributed by atoms with van der Waals surface area (Å²) in [7, 11) is 1.89. The molecule has 0 spiro atoms. The lowest BCUT2D eigenvalue weighted by Gasteiger charge is -2.26. The van der Waals surface area contributed by atoms with Crippen LogP contribution in [0.25, 0.3) is 0 Å². The highest BCUT2D eigenvalue weighted by Crippen LogP contribution is 2.26. The first-order valence-corrected chi connectivity index (χ1v) is 18.7. The van der Waals surface area contributed by atoms with Gasteiger partial charge in [-0.15, -0.1) is 0 Å². The van der Waals surface area contributed by atoms with E-state index < -0.39 is 6.10 Å². The second-order valence-corrected chi connectivity index (χ2v) is 12.5. The Bertz CT molecular complexity index is 737. The Morgan fingerprint density at radius 3 is 1.91 bits per heavy atom. The molecule has 0 aromatic rings. The zero-order valence-corrected chi connectivity index (χ0v) is 31.8. The summed E-state index contributed by atoms with van der Waals surface area (Å²) in [6, 6.07) is 0.0723. The van der Waals surface area contributed by atoms with Gasteiger partial charge in [0, 0.05) is 44.0 Å². The fraction of sp³-hybridized carbons (Fsp3) is 0.821. The molecule has 0 aliphatic rings. The number of aldehydes is 1. The maximum absolute atomic E-state index is 12.0. The van der Waals surface area contributed by atoms with E-state index in [1.165, 1.54) is 51.1 Å². The van der Waals surface area contributed by atoms with Gasteiger partial charge in [0.2, 0.25) is 0 Å². The summed E-state index contributed by atoms with van der Waals surface area (Å²) in [6.45, 7) is 23.9. The molecule has 46 heavy (non-hydrogen) atoms. The van der Waals surface area contributed by atoms with E-state index in [4.69, 9.17) is 15.6 Å². The molecule has 0 aromatic heterocycles. The first-order valence-electron chi connectivity index (χ1n) is 18.7. The van der Waals surface area contributed by atoms with Crippen LogP contribution in [0.1, 0.15) is 145 Å². The molecule has 7 nitrogen and oxygen atoms in total. The smallest absolute Gasteiger partial charge is 0.127 e. The standard InChI is InChI=1S/C28H53N3O3.C8H18O.C3H8/c1-7-11-14-23(9-3)21-34-18-12-17-31-27(15-16-29)25(28(33)10-4)19-24(20-32)22(5)26(30-6)13-8-2;1-3-5-6-8(4-2)7-9;1-3-2/h15-16,20,23-24,26,28,30-31,33H,5,7-14,17-19,21,29H2,1-4,6H3;8-9H,3-7H2,1-2H3;3H2,1-2H3/b16-15-,27-25-;;. The molecule has 0 aromatic carbocycles. The van der Waals surface area contributed by atoms with Crippen LogP contribution in [0.5, 0.6) is 0 Å². The summed E-state index contributed by atoms with van der Waals surface area (Å²) in [4.78, 5) is 12.0. The van der Waals surface area contributed by atoms with Crippen LogP contribution in [-0.4, -0.2) is 62.1 Å². The Balaban J connectivity index is -0.00000130. The number of hydrogen-bond donors (Lipinski definition) is 5. The van der Waals surface area contributed by atoms with E-state index in [0.29, 0.717) is 44.4 Å². The number of nitrogens with one attached hydrogen (secondary N) is 2. The van der Waals surface area contributed by atoms with Gasteiger partial charge in [0.15, 0.2) is 0 Å². The van der Waals surface area contributed by atoms with Gasteiger partial charge in [0.05, 0.1) is 6.10 Å². The van der Waals surface area contributed by atoms with E-state index in [2.05, 4.69) is 65.7 Å². The molecule has 0 rings (SSSR count). The third-order valence-corrected chi connectivity index (χ3v) is 8.33. The second-order valence-electron chi connectivity index (χ2n) is 12.5. The molecule has 5 unspecified atom stereocenters. The second kappa shape index (κ2) is 36.2. The number of aliphatic hydroxyl groups is 2. The van der Waals surface area contributed by atoms with Gasteiger partial charge >= 0.3 is 0 Å². The van der Waals surface area contributed by atoms with Crippen molar-refractivity contribution in [1.82, 2.24) is 10.6 Å². The number of hydrogen-bond acceptors (Lipinski definition) is 7. The Labute approximate surface area is 286 Å². The number of likely N-dealkylation sites (N-methyl/N-ethyl adjacent to an activating group) is 1. The van der Waals surface area contributed by atoms with Gasteiger partial charge < -0.3 is 36.1 Å². The number of rotatable bonds is 27. The van der Waals surface area contributed by atoms with E-state index in [-0.39, 0.29) is 12.0 Å². The minimum absolute atomic E-state index is 0.0723. The minimum Gasteiger partial charge on any atom is -0.405 e. The molecule has 0 saturated carbocycles. The van der Waals surface area contributed by atoms with Crippen molar-refractivity contribution in [3.05, 3.63) is 35.7 Å². The average Bonchev–Trinajstić information content (AvgIpc) is 3.07. The van der Waals surface area contributed by atoms with Crippen LogP contribution in [0.2, 0.25) is 0 Å². The van der Waals surface area contributed by atoms with Crippen LogP contribution in [0.4, 0.5) is 0 Å². The predicted molar refractivity (Wildman–Crippen MR) is 201 cm³/mol. The molecule has 0 fully saturated rings. The van der Waals surface area contributed by atoms with Crippen molar-refractivity contribution in [2.45, 2.75) is 157 Å². The van der Waals surface area contributed by atoms with Gasteiger partial charge in [0.25, 0.3) is 0 Å². The van der Waals surface area contributed by atoms with Gasteiger partial charge in [-0.2, -0.15) is 0 Å². The van der Waals surface area contributed by atoms with Crippen LogP contribution < -0.4 is 16.4 Å². The highest BCUT2D eigenvalue weighted by molar-refractivity contribution is 5.60. The first-order chi connectivity index (χ1) is 22.2. The molecule has 0 bridgehead atoms. The number of unbranched alkanes of at least 4 members (excludes halogenated alkanes) is 2. The van der Waals surface area contributed by atoms with Gasteiger partial charge in [-0.05, 0) is 80.8 Å². The molecule has 5 atom stereocenters. The lowest BCUT2D eigenvalue weighted by molar-refractivity contribution is -0.110. The van der Waals surface area contributed by atoms with E-state index >= 15 is 0 Å². The lowest BCUT2D eigenvalue weighted by Crippen LogP contribution is -2.32. The number of carbonyl (C=O) groups excluding carboxylic acids is 1. The zero-order valence-electron chi connectivity index (χ0n) is 31.8. The summed E-state index contributed by atoms with van der Waals surface area (Å²) >= 11 is 0. The van der Waals surface area contributed by atoms with Crippen LogP contribution in [0.15, 0.2) is 35.7 Å². The van der Waals surface area contributed by atoms with Crippen LogP contribution in [-0.2, 0) is 9.53 Å². The summed E-state index contributed by atoms with van der Waals surface area (Å²) in [6.07, 6.45) is 18.2. The largest absolute Gasteiger partial charge is 0.405 e. The van der Waals surface area contributed by atoms with Gasteiger partial charge in [0.1, 0.15) is 6.29 Å². The maximum atomic E-state index is 12.0. The maximum Gasteiger partial charge on any atom is 0.127 e. The van der Waals surface area contributed by atoms with Crippen molar-refractivity contribution in [2.75, 3.05) is 33.4 Å². The summed E-state index contributed by atoms with van der Waals surface area (Å²) in [5.41, 5.74) is 8.15. The third kappa shape index (κ3) is 25.4. The summed E-state index contributed by atoms with van der Waals surface area (Å²) < 4.78 is 5.92. The van der Waals surface area contributed by atoms with Crippen LogP contribution >= 0.6 is 0 Å². The Hall–Kier alpha value is -1.67. The summed E-state index contributed by atoms with van der Waals surface area (Å²) in [5, 5.41) is 26.2. The molecule has 0 saturated heterocycles. The average molecular weight is 654 g/mol. The SMILES string of the molecule is C=C(C(C=O)C/C(=C(\C=C/N)NCCCOCC(CC)CCCC)C(O)CC)C(CCC)NC.CCC.CCCCC(CC)CO. The number of ether oxygens (including phenoxy) is 1. The quantitative estimate of drug-likeness (QED) is 0.0261. The molecular formula is C39H79N3O4. The molecular weight excluding hydrogens is 574 g/mol. The van der Waals surface area contributed by atoms with Crippen LogP contribution in [0, 0.1) is 17.8 Å². The zero-order chi connectivity index (χ0) is 35.6. The van der Waals surface area contributed by atoms with Crippen molar-refractivity contribution >= 4 is 6.29 Å². The predicted octanol–water partition coefficient (Wildman–Crippen LogP) is 8.46. The number of carbonyl (C=O) groups is 1. The topological polar surface area (TPSA) is 117 Å². The van der Waals surface area contributed by atoms with Crippen molar-refractivity contribution in [3.63, 3.8) is 0 Å². The number of nitrogens with two attached hydrogens (primary N) is 1. The molecule has 7 heteroatoms. The summed E-state index contributed by atoms with van der Waals surface area (Å²) in [5.74, 6) is 0.822. The molecule has 274 valence electrons. The molecule has 0 aliphatic carbocycles. The van der Waals surface area contributed by atoms with E-state index in [1.54, 1.807) is 6.08 Å². The Kier molecular flexibility index (Phi) is 38.3. The highest BCUT2D eigenvalue weighted by Gasteiger charge is 2.24. The lowest BCUT2D eigenvalue weighted by atomic mass is 9.85. The van der Waals surface area contributed by atoms with E-state index in [1.807, 2.05) is 14.0 Å². The number of aliphatic hydroxyl groups excluding tert-OH is 2. The molecule has 0 heterocycles. The molecule has 0 aliphatic heterocycles. The third-order valence-electron chi connectivity index (χ3n) is 8.33. The molecule has 0 radical (unpaired) electrons. The number of allylic oxidation sites excluding steroid dienone is 1. The van der Waals surface area contributed by atoms with Gasteiger partial charge in [-0.1, -0.05) is 113 Å². The van der Waals surface area contributed by atoms with E-state index in [0.717, 1.165) is 61.8 Å². The van der Waals surface area contributed by atoms with E-state index in [9.17, 15) is 9.90 Å². The van der Waals surface area contributed by atoms with Gasteiger partial charge in [-0.25, -0.2) is 0 Å². The van der Waals surface area contributed by atoms with Crippen LogP contribution in [0.3, 0.4) is 0 Å². The fourth-order valence-corrected chi connectivity index (χ4v) is 5.08. The Morgan fingerprint density at radius 2 is 1.48 bits per heavy atom. The van der Waals surface area contributed by atoms with Crippen molar-refractivity contribution in [1.29, 1.82) is 0 Å². The van der Waals surface area contributed by atoms with Crippen molar-refractivity contribution in [2.24, 2.45) is 23.5 Å². The monoisotopic (exact) mass is 654 g/mol. The highest BCUT2D eigenvalue weighted by atomic mass is 16.5. The normalized spacial score (nSPS) is 14.9. The first kappa shape index (κ1) is 48.7. The molecule has 6 N–H and O–H groups in total. The fourth-order valence-electron chi connectivity index (χ4n) is 5.08. The van der Waals surface area contributed by atoms with Crippen molar-refractivity contribution < 1.29 is 19.7 Å². The Morgan fingerprint density at radius 1 is 0.891 bits per heavy atom. The van der Waals surface area contributed by atoms with Gasteiger partial charge in [-0.3, -0.25) is 0 Å². The van der Waals surface area contributed by atoms with Crippen molar-refractivity contribution in [3.8, 4) is 0 Å².